The SMILES string of the molecule is CCC(=O)N1CCCc2ccc(NC(=O)c3cc(Cl)ccc3OC)cc21. The monoisotopic (exact) mass is 372 g/mol. The van der Waals surface area contributed by atoms with Gasteiger partial charge in [0.25, 0.3) is 5.91 Å². The lowest BCUT2D eigenvalue weighted by molar-refractivity contribution is -0.118. The van der Waals surface area contributed by atoms with Crippen LogP contribution in [-0.4, -0.2) is 25.5 Å². The van der Waals surface area contributed by atoms with Crippen molar-refractivity contribution >= 4 is 34.8 Å². The van der Waals surface area contributed by atoms with E-state index in [-0.39, 0.29) is 11.8 Å². The Bertz CT molecular complexity index is 851. The van der Waals surface area contributed by atoms with E-state index in [4.69, 9.17) is 16.3 Å². The van der Waals surface area contributed by atoms with Crippen molar-refractivity contribution in [3.8, 4) is 5.75 Å². The number of nitrogens with one attached hydrogen (secondary N) is 1. The number of halogens is 1. The van der Waals surface area contributed by atoms with Gasteiger partial charge < -0.3 is 15.0 Å². The molecule has 3 rings (SSSR count). The fourth-order valence-electron chi connectivity index (χ4n) is 3.16. The Kier molecular flexibility index (Phi) is 5.47. The number of carbonyl (C=O) groups is 2. The van der Waals surface area contributed by atoms with Crippen molar-refractivity contribution in [2.45, 2.75) is 26.2 Å². The van der Waals surface area contributed by atoms with Crippen LogP contribution in [-0.2, 0) is 11.2 Å². The zero-order valence-corrected chi connectivity index (χ0v) is 15.6. The highest BCUT2D eigenvalue weighted by molar-refractivity contribution is 6.31. The first-order valence-electron chi connectivity index (χ1n) is 8.61. The van der Waals surface area contributed by atoms with E-state index in [1.807, 2.05) is 25.1 Å². The van der Waals surface area contributed by atoms with Crippen molar-refractivity contribution in [2.24, 2.45) is 0 Å². The van der Waals surface area contributed by atoms with E-state index in [0.29, 0.717) is 35.0 Å². The molecule has 136 valence electrons. The quantitative estimate of drug-likeness (QED) is 0.870. The van der Waals surface area contributed by atoms with Gasteiger partial charge in [0, 0.05) is 29.4 Å². The van der Waals surface area contributed by atoms with Gasteiger partial charge in [0.15, 0.2) is 0 Å². The molecule has 26 heavy (non-hydrogen) atoms. The molecule has 0 unspecified atom stereocenters. The molecule has 1 N–H and O–H groups in total. The number of carbonyl (C=O) groups excluding carboxylic acids is 2. The van der Waals surface area contributed by atoms with Crippen LogP contribution < -0.4 is 15.0 Å². The minimum absolute atomic E-state index is 0.0888. The molecule has 2 aromatic rings. The van der Waals surface area contributed by atoms with Gasteiger partial charge >= 0.3 is 0 Å². The zero-order chi connectivity index (χ0) is 18.7. The summed E-state index contributed by atoms with van der Waals surface area (Å²) in [4.78, 5) is 26.7. The topological polar surface area (TPSA) is 58.6 Å². The maximum Gasteiger partial charge on any atom is 0.259 e. The zero-order valence-electron chi connectivity index (χ0n) is 14.8. The minimum Gasteiger partial charge on any atom is -0.496 e. The summed E-state index contributed by atoms with van der Waals surface area (Å²) in [5.74, 6) is 0.229. The highest BCUT2D eigenvalue weighted by atomic mass is 35.5. The molecule has 1 aliphatic heterocycles. The van der Waals surface area contributed by atoms with Gasteiger partial charge in [-0.3, -0.25) is 9.59 Å². The van der Waals surface area contributed by atoms with E-state index in [1.165, 1.54) is 7.11 Å². The van der Waals surface area contributed by atoms with E-state index >= 15 is 0 Å². The van der Waals surface area contributed by atoms with E-state index in [2.05, 4.69) is 5.32 Å². The van der Waals surface area contributed by atoms with Gasteiger partial charge in [-0.25, -0.2) is 0 Å². The Morgan fingerprint density at radius 3 is 2.77 bits per heavy atom. The summed E-state index contributed by atoms with van der Waals surface area (Å²) in [7, 11) is 1.51. The van der Waals surface area contributed by atoms with Crippen molar-refractivity contribution in [1.29, 1.82) is 0 Å². The van der Waals surface area contributed by atoms with E-state index in [1.54, 1.807) is 23.1 Å². The Hall–Kier alpha value is -2.53. The van der Waals surface area contributed by atoms with Crippen LogP contribution >= 0.6 is 11.6 Å². The third-order valence-electron chi connectivity index (χ3n) is 4.47. The second-order valence-electron chi connectivity index (χ2n) is 6.14. The van der Waals surface area contributed by atoms with Gasteiger partial charge in [-0.15, -0.1) is 0 Å². The molecule has 6 heteroatoms. The van der Waals surface area contributed by atoms with Crippen molar-refractivity contribution in [3.05, 3.63) is 52.5 Å². The number of ether oxygens (including phenoxy) is 1. The molecule has 0 aromatic heterocycles. The molecule has 0 fully saturated rings. The summed E-state index contributed by atoms with van der Waals surface area (Å²) >= 11 is 6.01. The molecule has 0 radical (unpaired) electrons. The molecule has 2 amide bonds. The third kappa shape index (κ3) is 3.68. The van der Waals surface area contributed by atoms with Crippen LogP contribution in [0.5, 0.6) is 5.75 Å². The Morgan fingerprint density at radius 1 is 1.23 bits per heavy atom. The number of nitrogens with zero attached hydrogens (tertiary/aromatic N) is 1. The lowest BCUT2D eigenvalue weighted by Crippen LogP contribution is -2.35. The second kappa shape index (κ2) is 7.79. The molecule has 0 atom stereocenters. The Balaban J connectivity index is 1.88. The molecule has 2 aromatic carbocycles. The normalized spacial score (nSPS) is 13.1. The van der Waals surface area contributed by atoms with Gasteiger partial charge in [-0.05, 0) is 48.7 Å². The predicted molar refractivity (Wildman–Crippen MR) is 103 cm³/mol. The first-order chi connectivity index (χ1) is 12.5. The largest absolute Gasteiger partial charge is 0.496 e. The highest BCUT2D eigenvalue weighted by Gasteiger charge is 2.22. The summed E-state index contributed by atoms with van der Waals surface area (Å²) in [6, 6.07) is 10.6. The van der Waals surface area contributed by atoms with Gasteiger partial charge in [-0.1, -0.05) is 24.6 Å². The molecule has 0 spiro atoms. The van der Waals surface area contributed by atoms with Gasteiger partial charge in [0.1, 0.15) is 5.75 Å². The maximum absolute atomic E-state index is 12.7. The summed E-state index contributed by atoms with van der Waals surface area (Å²) < 4.78 is 5.24. The fraction of sp³-hybridized carbons (Fsp3) is 0.300. The molecular weight excluding hydrogens is 352 g/mol. The molecular formula is C20H21ClN2O3. The van der Waals surface area contributed by atoms with Gasteiger partial charge in [-0.2, -0.15) is 0 Å². The van der Waals surface area contributed by atoms with E-state index < -0.39 is 0 Å². The number of benzene rings is 2. The fourth-order valence-corrected chi connectivity index (χ4v) is 3.33. The number of amides is 2. The molecule has 0 bridgehead atoms. The molecule has 0 saturated carbocycles. The molecule has 5 nitrogen and oxygen atoms in total. The van der Waals surface area contributed by atoms with E-state index in [9.17, 15) is 9.59 Å². The number of fused-ring (bicyclic) bond motifs is 1. The minimum atomic E-state index is -0.312. The number of hydrogen-bond donors (Lipinski definition) is 1. The molecule has 1 aliphatic rings. The summed E-state index contributed by atoms with van der Waals surface area (Å²) in [6.45, 7) is 2.56. The average molecular weight is 373 g/mol. The summed E-state index contributed by atoms with van der Waals surface area (Å²) in [5.41, 5.74) is 2.99. The lowest BCUT2D eigenvalue weighted by Gasteiger charge is -2.29. The van der Waals surface area contributed by atoms with Crippen LogP contribution in [0.3, 0.4) is 0 Å². The van der Waals surface area contributed by atoms with Gasteiger partial charge in [0.05, 0.1) is 12.7 Å². The third-order valence-corrected chi connectivity index (χ3v) is 4.71. The van der Waals surface area contributed by atoms with Crippen LogP contribution in [0.1, 0.15) is 35.7 Å². The van der Waals surface area contributed by atoms with Crippen molar-refractivity contribution in [2.75, 3.05) is 23.9 Å². The van der Waals surface area contributed by atoms with Crippen LogP contribution in [0, 0.1) is 0 Å². The predicted octanol–water partition coefficient (Wildman–Crippen LogP) is 4.29. The van der Waals surface area contributed by atoms with Crippen molar-refractivity contribution in [1.82, 2.24) is 0 Å². The smallest absolute Gasteiger partial charge is 0.259 e. The summed E-state index contributed by atoms with van der Waals surface area (Å²) in [6.07, 6.45) is 2.33. The van der Waals surface area contributed by atoms with E-state index in [0.717, 1.165) is 24.1 Å². The van der Waals surface area contributed by atoms with Gasteiger partial charge in [0.2, 0.25) is 5.91 Å². The standard InChI is InChI=1S/C20H21ClN2O3/c1-3-19(24)23-10-4-5-13-6-8-15(12-17(13)23)22-20(25)16-11-14(21)7-9-18(16)26-2/h6-9,11-12H,3-5,10H2,1-2H3,(H,22,25). The van der Waals surface area contributed by atoms with Crippen LogP contribution in [0.4, 0.5) is 11.4 Å². The lowest BCUT2D eigenvalue weighted by atomic mass is 10.0. The Morgan fingerprint density at radius 2 is 2.04 bits per heavy atom. The Labute approximate surface area is 157 Å². The molecule has 0 saturated heterocycles. The number of anilines is 2. The second-order valence-corrected chi connectivity index (χ2v) is 6.58. The molecule has 1 heterocycles. The van der Waals surface area contributed by atoms with Crippen LogP contribution in [0.15, 0.2) is 36.4 Å². The van der Waals surface area contributed by atoms with Crippen molar-refractivity contribution in [3.63, 3.8) is 0 Å². The number of aryl methyl sites for hydroxylation is 1. The number of rotatable bonds is 4. The molecule has 0 aliphatic carbocycles. The van der Waals surface area contributed by atoms with Crippen LogP contribution in [0.2, 0.25) is 5.02 Å². The highest BCUT2D eigenvalue weighted by Crippen LogP contribution is 2.31. The first kappa shape index (κ1) is 18.3. The number of hydrogen-bond acceptors (Lipinski definition) is 3. The average Bonchev–Trinajstić information content (AvgIpc) is 2.66. The van der Waals surface area contributed by atoms with Crippen LogP contribution in [0.25, 0.3) is 0 Å². The maximum atomic E-state index is 12.7. The summed E-state index contributed by atoms with van der Waals surface area (Å²) in [5, 5.41) is 3.33. The number of methoxy groups -OCH3 is 1. The first-order valence-corrected chi connectivity index (χ1v) is 8.99. The van der Waals surface area contributed by atoms with Crippen molar-refractivity contribution < 1.29 is 14.3 Å².